The highest BCUT2D eigenvalue weighted by Gasteiger charge is 2.11. The molecule has 0 fully saturated rings. The van der Waals surface area contributed by atoms with Crippen molar-refractivity contribution in [1.29, 1.82) is 0 Å². The first kappa shape index (κ1) is 17.8. The largest absolute Gasteiger partial charge is 0.497 e. The van der Waals surface area contributed by atoms with Gasteiger partial charge in [-0.15, -0.1) is 0 Å². The molecule has 0 aliphatic heterocycles. The topological polar surface area (TPSA) is 76.7 Å². The Hall–Kier alpha value is -2.54. The van der Waals surface area contributed by atoms with Gasteiger partial charge < -0.3 is 20.1 Å². The number of nitrogens with one attached hydrogen (secondary N) is 2. The second-order valence-corrected chi connectivity index (χ2v) is 5.72. The Kier molecular flexibility index (Phi) is 6.20. The van der Waals surface area contributed by atoms with Crippen LogP contribution in [-0.4, -0.2) is 32.6 Å². The van der Waals surface area contributed by atoms with Crippen molar-refractivity contribution < 1.29 is 19.1 Å². The summed E-state index contributed by atoms with van der Waals surface area (Å²) in [4.78, 5) is 24.0. The van der Waals surface area contributed by atoms with Crippen LogP contribution in [0.25, 0.3) is 0 Å². The Morgan fingerprint density at radius 3 is 2.38 bits per heavy atom. The molecule has 0 spiro atoms. The molecule has 2 amide bonds. The van der Waals surface area contributed by atoms with Crippen molar-refractivity contribution in [2.24, 2.45) is 0 Å². The van der Waals surface area contributed by atoms with Crippen molar-refractivity contribution in [2.75, 3.05) is 26.1 Å². The lowest BCUT2D eigenvalue weighted by Crippen LogP contribution is -2.32. The normalized spacial score (nSPS) is 9.96. The summed E-state index contributed by atoms with van der Waals surface area (Å²) in [6.07, 6.45) is 0. The number of anilines is 1. The van der Waals surface area contributed by atoms with Crippen molar-refractivity contribution in [3.63, 3.8) is 0 Å². The summed E-state index contributed by atoms with van der Waals surface area (Å²) in [5.41, 5.74) is 0.981. The predicted molar refractivity (Wildman–Crippen MR) is 94.7 cm³/mol. The molecule has 0 aliphatic rings. The maximum absolute atomic E-state index is 12.0. The summed E-state index contributed by atoms with van der Waals surface area (Å²) >= 11 is 3.30. The first-order valence-electron chi connectivity index (χ1n) is 7.09. The fourth-order valence-corrected chi connectivity index (χ4v) is 2.22. The lowest BCUT2D eigenvalue weighted by Gasteiger charge is -2.12. The Morgan fingerprint density at radius 1 is 1.04 bits per heavy atom. The molecule has 0 unspecified atom stereocenters. The summed E-state index contributed by atoms with van der Waals surface area (Å²) in [6.45, 7) is -0.149. The standard InChI is InChI=1S/C17H17BrN2O4/c1-23-13-7-8-14(15(9-13)24-2)20-16(21)10-19-17(22)11-3-5-12(18)6-4-11/h3-9H,10H2,1-2H3,(H,19,22)(H,20,21). The lowest BCUT2D eigenvalue weighted by atomic mass is 10.2. The van der Waals surface area contributed by atoms with Crippen molar-refractivity contribution in [3.05, 3.63) is 52.5 Å². The SMILES string of the molecule is COc1ccc(NC(=O)CNC(=O)c2ccc(Br)cc2)c(OC)c1. The van der Waals surface area contributed by atoms with Crippen molar-refractivity contribution >= 4 is 33.4 Å². The van der Waals surface area contributed by atoms with E-state index in [1.165, 1.54) is 7.11 Å². The lowest BCUT2D eigenvalue weighted by molar-refractivity contribution is -0.115. The van der Waals surface area contributed by atoms with Crippen LogP contribution in [0, 0.1) is 0 Å². The molecule has 0 aromatic heterocycles. The first-order chi connectivity index (χ1) is 11.5. The number of methoxy groups -OCH3 is 2. The molecule has 0 bridgehead atoms. The number of ether oxygens (including phenoxy) is 2. The smallest absolute Gasteiger partial charge is 0.251 e. The number of rotatable bonds is 6. The Morgan fingerprint density at radius 2 is 1.75 bits per heavy atom. The van der Waals surface area contributed by atoms with Crippen LogP contribution < -0.4 is 20.1 Å². The van der Waals surface area contributed by atoms with Gasteiger partial charge in [0.25, 0.3) is 5.91 Å². The monoisotopic (exact) mass is 392 g/mol. The molecule has 2 aromatic rings. The summed E-state index contributed by atoms with van der Waals surface area (Å²) in [6, 6.07) is 11.9. The van der Waals surface area contributed by atoms with E-state index < -0.39 is 0 Å². The quantitative estimate of drug-likeness (QED) is 0.792. The Balaban J connectivity index is 1.93. The number of amides is 2. The molecule has 6 nitrogen and oxygen atoms in total. The van der Waals surface area contributed by atoms with Gasteiger partial charge in [0.05, 0.1) is 26.5 Å². The molecule has 2 N–H and O–H groups in total. The predicted octanol–water partition coefficient (Wildman–Crippen LogP) is 2.83. The molecule has 0 saturated carbocycles. The van der Waals surface area contributed by atoms with Gasteiger partial charge in [-0.25, -0.2) is 0 Å². The average molecular weight is 393 g/mol. The van der Waals surface area contributed by atoms with Crippen molar-refractivity contribution in [3.8, 4) is 11.5 Å². The van der Waals surface area contributed by atoms with Crippen molar-refractivity contribution in [1.82, 2.24) is 5.32 Å². The van der Waals surface area contributed by atoms with E-state index in [4.69, 9.17) is 9.47 Å². The van der Waals surface area contributed by atoms with Crippen LogP contribution in [0.4, 0.5) is 5.69 Å². The van der Waals surface area contributed by atoms with Gasteiger partial charge in [0, 0.05) is 16.1 Å². The number of benzene rings is 2. The summed E-state index contributed by atoms with van der Waals surface area (Å²) < 4.78 is 11.2. The van der Waals surface area contributed by atoms with E-state index >= 15 is 0 Å². The summed E-state index contributed by atoms with van der Waals surface area (Å²) in [5.74, 6) is 0.415. The van der Waals surface area contributed by atoms with E-state index in [-0.39, 0.29) is 18.4 Å². The van der Waals surface area contributed by atoms with Crippen LogP contribution in [0.3, 0.4) is 0 Å². The fourth-order valence-electron chi connectivity index (χ4n) is 1.96. The molecule has 0 atom stereocenters. The minimum atomic E-state index is -0.357. The summed E-state index contributed by atoms with van der Waals surface area (Å²) in [5, 5.41) is 5.25. The number of hydrogen-bond donors (Lipinski definition) is 2. The number of carbonyl (C=O) groups excluding carboxylic acids is 2. The molecule has 2 aromatic carbocycles. The number of carbonyl (C=O) groups is 2. The van der Waals surface area contributed by atoms with Gasteiger partial charge in [0.1, 0.15) is 11.5 Å². The molecule has 2 rings (SSSR count). The molecule has 0 heterocycles. The molecule has 24 heavy (non-hydrogen) atoms. The van der Waals surface area contributed by atoms with Crippen LogP contribution in [0.5, 0.6) is 11.5 Å². The van der Waals surface area contributed by atoms with E-state index in [0.29, 0.717) is 22.7 Å². The fraction of sp³-hybridized carbons (Fsp3) is 0.176. The third-order valence-corrected chi connectivity index (χ3v) is 3.73. The minimum absolute atomic E-state index is 0.149. The van der Waals surface area contributed by atoms with Crippen LogP contribution in [0.1, 0.15) is 10.4 Å². The molecular formula is C17H17BrN2O4. The van der Waals surface area contributed by atoms with Gasteiger partial charge in [0.15, 0.2) is 0 Å². The van der Waals surface area contributed by atoms with Gasteiger partial charge in [0.2, 0.25) is 5.91 Å². The highest BCUT2D eigenvalue weighted by Crippen LogP contribution is 2.28. The number of halogens is 1. The maximum Gasteiger partial charge on any atom is 0.251 e. The molecule has 0 aliphatic carbocycles. The van der Waals surface area contributed by atoms with E-state index in [2.05, 4.69) is 26.6 Å². The van der Waals surface area contributed by atoms with E-state index in [1.54, 1.807) is 49.6 Å². The Bertz CT molecular complexity index is 732. The van der Waals surface area contributed by atoms with Gasteiger partial charge in [-0.2, -0.15) is 0 Å². The van der Waals surface area contributed by atoms with Gasteiger partial charge >= 0.3 is 0 Å². The van der Waals surface area contributed by atoms with E-state index in [1.807, 2.05) is 0 Å². The second kappa shape index (κ2) is 8.35. The molecular weight excluding hydrogens is 376 g/mol. The Labute approximate surface area is 148 Å². The van der Waals surface area contributed by atoms with Gasteiger partial charge in [-0.05, 0) is 36.4 Å². The average Bonchev–Trinajstić information content (AvgIpc) is 2.60. The number of hydrogen-bond acceptors (Lipinski definition) is 4. The highest BCUT2D eigenvalue weighted by atomic mass is 79.9. The molecule has 7 heteroatoms. The van der Waals surface area contributed by atoms with Gasteiger partial charge in [-0.1, -0.05) is 15.9 Å². The van der Waals surface area contributed by atoms with E-state index in [9.17, 15) is 9.59 Å². The molecule has 126 valence electrons. The maximum atomic E-state index is 12.0. The summed E-state index contributed by atoms with van der Waals surface area (Å²) in [7, 11) is 3.05. The van der Waals surface area contributed by atoms with Crippen LogP contribution in [0.15, 0.2) is 46.9 Å². The second-order valence-electron chi connectivity index (χ2n) is 4.80. The highest BCUT2D eigenvalue weighted by molar-refractivity contribution is 9.10. The first-order valence-corrected chi connectivity index (χ1v) is 7.88. The van der Waals surface area contributed by atoms with Crippen LogP contribution in [0.2, 0.25) is 0 Å². The third kappa shape index (κ3) is 4.73. The van der Waals surface area contributed by atoms with E-state index in [0.717, 1.165) is 4.47 Å². The molecule has 0 radical (unpaired) electrons. The van der Waals surface area contributed by atoms with Crippen LogP contribution in [-0.2, 0) is 4.79 Å². The minimum Gasteiger partial charge on any atom is -0.497 e. The van der Waals surface area contributed by atoms with Crippen molar-refractivity contribution in [2.45, 2.75) is 0 Å². The zero-order valence-electron chi connectivity index (χ0n) is 13.3. The zero-order valence-corrected chi connectivity index (χ0v) is 14.8. The zero-order chi connectivity index (χ0) is 17.5. The molecule has 0 saturated heterocycles. The third-order valence-electron chi connectivity index (χ3n) is 3.20. The van der Waals surface area contributed by atoms with Gasteiger partial charge in [-0.3, -0.25) is 9.59 Å². The van der Waals surface area contributed by atoms with Crippen LogP contribution >= 0.6 is 15.9 Å².